The number of benzene rings is 1. The molecule has 0 fully saturated rings. The fourth-order valence-electron chi connectivity index (χ4n) is 1.17. The third-order valence-corrected chi connectivity index (χ3v) is 3.21. The van der Waals surface area contributed by atoms with Crippen LogP contribution in [0.1, 0.15) is 12.8 Å². The smallest absolute Gasteiger partial charge is 0.342 e. The molecular weight excluding hydrogens is 229 g/mol. The fraction of sp³-hybridized carbons (Fsp3) is 0.400. The summed E-state index contributed by atoms with van der Waals surface area (Å²) >= 11 is 0. The highest BCUT2D eigenvalue weighted by Gasteiger charge is 2.23. The summed E-state index contributed by atoms with van der Waals surface area (Å²) in [6.07, 6.45) is 0.762. The Bertz CT molecular complexity index is 351. The molecule has 0 saturated carbocycles. The molecule has 6 heteroatoms. The van der Waals surface area contributed by atoms with E-state index in [1.807, 2.05) is 30.3 Å². The van der Waals surface area contributed by atoms with Gasteiger partial charge in [-0.15, -0.1) is 0 Å². The molecule has 1 unspecified atom stereocenters. The third kappa shape index (κ3) is 4.77. The van der Waals surface area contributed by atoms with Gasteiger partial charge in [-0.3, -0.25) is 4.57 Å². The minimum absolute atomic E-state index is 0.247. The van der Waals surface area contributed by atoms with Gasteiger partial charge in [-0.2, -0.15) is 0 Å². The van der Waals surface area contributed by atoms with Crippen LogP contribution >= 0.6 is 7.60 Å². The van der Waals surface area contributed by atoms with Crippen molar-refractivity contribution in [1.82, 2.24) is 0 Å². The van der Waals surface area contributed by atoms with Gasteiger partial charge in [0.25, 0.3) is 0 Å². The van der Waals surface area contributed by atoms with Gasteiger partial charge < -0.3 is 20.3 Å². The molecule has 0 heterocycles. The average molecular weight is 245 g/mol. The number of nitrogens with two attached hydrogens (primary N) is 1. The Labute approximate surface area is 94.4 Å². The van der Waals surface area contributed by atoms with Crippen molar-refractivity contribution in [2.45, 2.75) is 18.6 Å². The Morgan fingerprint density at radius 1 is 1.31 bits per heavy atom. The van der Waals surface area contributed by atoms with Gasteiger partial charge in [0.2, 0.25) is 0 Å². The normalized spacial score (nSPS) is 13.4. The summed E-state index contributed by atoms with van der Waals surface area (Å²) in [6.45, 7) is 0.401. The maximum atomic E-state index is 10.7. The van der Waals surface area contributed by atoms with Gasteiger partial charge >= 0.3 is 7.60 Å². The van der Waals surface area contributed by atoms with Gasteiger partial charge in [-0.1, -0.05) is 18.2 Å². The van der Waals surface area contributed by atoms with Crippen LogP contribution < -0.4 is 10.5 Å². The number of para-hydroxylation sites is 1. The van der Waals surface area contributed by atoms with E-state index in [-0.39, 0.29) is 6.42 Å². The summed E-state index contributed by atoms with van der Waals surface area (Å²) in [5.41, 5.74) is 5.31. The zero-order valence-corrected chi connectivity index (χ0v) is 9.72. The molecule has 0 spiro atoms. The van der Waals surface area contributed by atoms with Crippen LogP contribution in [-0.2, 0) is 4.57 Å². The largest absolute Gasteiger partial charge is 0.494 e. The monoisotopic (exact) mass is 245 g/mol. The summed E-state index contributed by atoms with van der Waals surface area (Å²) in [7, 11) is -4.15. The van der Waals surface area contributed by atoms with E-state index in [4.69, 9.17) is 20.3 Å². The van der Waals surface area contributed by atoms with Crippen LogP contribution in [0.15, 0.2) is 30.3 Å². The summed E-state index contributed by atoms with van der Waals surface area (Å²) in [6, 6.07) is 9.25. The summed E-state index contributed by atoms with van der Waals surface area (Å²) in [5.74, 6) is -0.348. The van der Waals surface area contributed by atoms with Crippen molar-refractivity contribution in [2.24, 2.45) is 5.73 Å². The number of hydrogen-bond donors (Lipinski definition) is 3. The Hall–Kier alpha value is -0.870. The molecule has 16 heavy (non-hydrogen) atoms. The van der Waals surface area contributed by atoms with Crippen molar-refractivity contribution in [2.75, 3.05) is 6.61 Å². The van der Waals surface area contributed by atoms with Crippen molar-refractivity contribution >= 4 is 7.60 Å². The highest BCUT2D eigenvalue weighted by molar-refractivity contribution is 7.52. The van der Waals surface area contributed by atoms with Crippen LogP contribution in [-0.4, -0.2) is 22.2 Å². The summed E-state index contributed by atoms with van der Waals surface area (Å²) in [4.78, 5) is 17.5. The molecule has 0 saturated heterocycles. The topological polar surface area (TPSA) is 92.8 Å². The quantitative estimate of drug-likeness (QED) is 0.519. The van der Waals surface area contributed by atoms with Gasteiger partial charge in [0.05, 0.1) is 6.61 Å². The lowest BCUT2D eigenvalue weighted by Gasteiger charge is -2.13. The van der Waals surface area contributed by atoms with Crippen LogP contribution in [0.2, 0.25) is 0 Å². The van der Waals surface area contributed by atoms with E-state index in [1.165, 1.54) is 0 Å². The van der Waals surface area contributed by atoms with E-state index in [1.54, 1.807) is 0 Å². The zero-order valence-electron chi connectivity index (χ0n) is 8.82. The molecule has 1 atom stereocenters. The van der Waals surface area contributed by atoms with Gasteiger partial charge in [0, 0.05) is 0 Å². The van der Waals surface area contributed by atoms with E-state index in [9.17, 15) is 4.57 Å². The molecule has 4 N–H and O–H groups in total. The molecule has 0 aromatic heterocycles. The highest BCUT2D eigenvalue weighted by atomic mass is 31.2. The molecule has 90 valence electrons. The summed E-state index contributed by atoms with van der Waals surface area (Å²) in [5, 5.41) is 0. The van der Waals surface area contributed by atoms with Crippen LogP contribution in [0, 0.1) is 0 Å². The molecule has 0 aliphatic carbocycles. The lowest BCUT2D eigenvalue weighted by atomic mass is 10.3. The van der Waals surface area contributed by atoms with E-state index >= 15 is 0 Å². The molecule has 1 aromatic rings. The molecule has 0 aliphatic rings. The Morgan fingerprint density at radius 2 is 1.94 bits per heavy atom. The van der Waals surface area contributed by atoms with Crippen LogP contribution in [0.25, 0.3) is 0 Å². The second-order valence-electron chi connectivity index (χ2n) is 3.46. The molecule has 0 radical (unpaired) electrons. The van der Waals surface area contributed by atoms with Crippen molar-refractivity contribution in [3.05, 3.63) is 30.3 Å². The zero-order chi connectivity index (χ0) is 12.0. The number of hydrogen-bond acceptors (Lipinski definition) is 3. The minimum atomic E-state index is -4.15. The lowest BCUT2D eigenvalue weighted by Crippen LogP contribution is -2.20. The van der Waals surface area contributed by atoms with E-state index in [2.05, 4.69) is 0 Å². The minimum Gasteiger partial charge on any atom is -0.494 e. The highest BCUT2D eigenvalue weighted by Crippen LogP contribution is 2.40. The molecule has 1 aromatic carbocycles. The standard InChI is InChI=1S/C10H16NO4P/c11-10(16(12,13)14)7-4-8-15-9-5-2-1-3-6-9/h1-3,5-6,10H,4,7-8,11H2,(H2,12,13,14). The van der Waals surface area contributed by atoms with Crippen LogP contribution in [0.5, 0.6) is 5.75 Å². The molecular formula is C10H16NO4P. The van der Waals surface area contributed by atoms with Crippen LogP contribution in [0.3, 0.4) is 0 Å². The summed E-state index contributed by atoms with van der Waals surface area (Å²) < 4.78 is 16.1. The first-order valence-corrected chi connectivity index (χ1v) is 6.67. The lowest BCUT2D eigenvalue weighted by molar-refractivity contribution is 0.299. The van der Waals surface area contributed by atoms with Crippen LogP contribution in [0.4, 0.5) is 0 Å². The molecule has 5 nitrogen and oxygen atoms in total. The number of rotatable bonds is 6. The van der Waals surface area contributed by atoms with Crippen molar-refractivity contribution in [3.8, 4) is 5.75 Å². The third-order valence-electron chi connectivity index (χ3n) is 2.09. The molecule has 0 amide bonds. The second-order valence-corrected chi connectivity index (χ2v) is 5.30. The Kier molecular flexibility index (Phi) is 4.96. The average Bonchev–Trinajstić information content (AvgIpc) is 2.24. The molecule has 0 aliphatic heterocycles. The van der Waals surface area contributed by atoms with Gasteiger partial charge in [0.1, 0.15) is 11.5 Å². The number of ether oxygens (including phenoxy) is 1. The van der Waals surface area contributed by atoms with Gasteiger partial charge in [0.15, 0.2) is 0 Å². The first kappa shape index (κ1) is 13.2. The second kappa shape index (κ2) is 6.01. The van der Waals surface area contributed by atoms with Gasteiger partial charge in [-0.05, 0) is 25.0 Å². The van der Waals surface area contributed by atoms with Crippen molar-refractivity contribution < 1.29 is 19.1 Å². The SMILES string of the molecule is NC(CCCOc1ccccc1)P(=O)(O)O. The van der Waals surface area contributed by atoms with E-state index in [0.717, 1.165) is 5.75 Å². The Morgan fingerprint density at radius 3 is 2.50 bits per heavy atom. The first-order valence-electron chi connectivity index (χ1n) is 4.99. The van der Waals surface area contributed by atoms with Crippen molar-refractivity contribution in [1.29, 1.82) is 0 Å². The predicted molar refractivity (Wildman–Crippen MR) is 61.2 cm³/mol. The van der Waals surface area contributed by atoms with E-state index in [0.29, 0.717) is 13.0 Å². The molecule has 0 bridgehead atoms. The maximum Gasteiger partial charge on any atom is 0.342 e. The first-order chi connectivity index (χ1) is 7.50. The maximum absolute atomic E-state index is 10.7. The Balaban J connectivity index is 2.20. The van der Waals surface area contributed by atoms with Gasteiger partial charge in [-0.25, -0.2) is 0 Å². The molecule has 1 rings (SSSR count). The van der Waals surface area contributed by atoms with E-state index < -0.39 is 13.4 Å². The predicted octanol–water partition coefficient (Wildman–Crippen LogP) is 1.31. The van der Waals surface area contributed by atoms with Crippen molar-refractivity contribution in [3.63, 3.8) is 0 Å². The fourth-order valence-corrected chi connectivity index (χ4v) is 1.69.